The number of carboxylic acids is 1. The fourth-order valence-electron chi connectivity index (χ4n) is 3.66. The standard InChI is InChI=1S/C18H17NO2/c20-18(21)16-11-19(17-8-4-3-7-15(16)17)10-13-9-12-5-1-2-6-14(12)13/h1-8,13,16H,9-11H2,(H,20,21). The Kier molecular flexibility index (Phi) is 2.74. The summed E-state index contributed by atoms with van der Waals surface area (Å²) in [4.78, 5) is 13.7. The van der Waals surface area contributed by atoms with Gasteiger partial charge in [0.2, 0.25) is 0 Å². The molecule has 0 saturated heterocycles. The summed E-state index contributed by atoms with van der Waals surface area (Å²) in [5.41, 5.74) is 4.91. The number of carboxylic acid groups (broad SMARTS) is 1. The Hall–Kier alpha value is -2.29. The van der Waals surface area contributed by atoms with E-state index >= 15 is 0 Å². The predicted octanol–water partition coefficient (Wildman–Crippen LogP) is 3.01. The number of aliphatic carboxylic acids is 1. The number of nitrogens with zero attached hydrogens (tertiary/aromatic N) is 1. The normalized spacial score (nSPS) is 22.4. The van der Waals surface area contributed by atoms with Crippen LogP contribution in [0.2, 0.25) is 0 Å². The number of anilines is 1. The van der Waals surface area contributed by atoms with Crippen LogP contribution in [0.15, 0.2) is 48.5 Å². The number of carbonyl (C=O) groups is 1. The quantitative estimate of drug-likeness (QED) is 0.939. The summed E-state index contributed by atoms with van der Waals surface area (Å²) in [6, 6.07) is 16.5. The molecule has 21 heavy (non-hydrogen) atoms. The molecule has 106 valence electrons. The van der Waals surface area contributed by atoms with Gasteiger partial charge in [0.1, 0.15) is 5.92 Å². The molecule has 3 nitrogen and oxygen atoms in total. The van der Waals surface area contributed by atoms with Crippen molar-refractivity contribution in [2.24, 2.45) is 0 Å². The third-order valence-corrected chi connectivity index (χ3v) is 4.76. The highest BCUT2D eigenvalue weighted by Gasteiger charge is 2.36. The maximum absolute atomic E-state index is 11.5. The van der Waals surface area contributed by atoms with Gasteiger partial charge in [0.05, 0.1) is 0 Å². The van der Waals surface area contributed by atoms with Crippen LogP contribution in [0.5, 0.6) is 0 Å². The molecule has 0 bridgehead atoms. The lowest BCUT2D eigenvalue weighted by atomic mass is 9.77. The number of benzene rings is 2. The van der Waals surface area contributed by atoms with Crippen molar-refractivity contribution in [2.75, 3.05) is 18.0 Å². The summed E-state index contributed by atoms with van der Waals surface area (Å²) in [6.07, 6.45) is 1.10. The Labute approximate surface area is 123 Å². The van der Waals surface area contributed by atoms with Gasteiger partial charge in [-0.15, -0.1) is 0 Å². The average Bonchev–Trinajstić information content (AvgIpc) is 2.84. The van der Waals surface area contributed by atoms with E-state index in [1.807, 2.05) is 24.3 Å². The first kappa shape index (κ1) is 12.5. The SMILES string of the molecule is O=C(O)C1CN(CC2Cc3ccccc32)c2ccccc21. The Balaban J connectivity index is 1.59. The summed E-state index contributed by atoms with van der Waals surface area (Å²) in [7, 11) is 0. The lowest BCUT2D eigenvalue weighted by Gasteiger charge is -2.34. The minimum atomic E-state index is -0.723. The summed E-state index contributed by atoms with van der Waals surface area (Å²) in [5, 5.41) is 9.41. The molecule has 1 aliphatic carbocycles. The van der Waals surface area contributed by atoms with Crippen LogP contribution in [0.1, 0.15) is 28.5 Å². The van der Waals surface area contributed by atoms with Crippen molar-refractivity contribution in [1.82, 2.24) is 0 Å². The highest BCUT2D eigenvalue weighted by molar-refractivity contribution is 5.83. The zero-order chi connectivity index (χ0) is 14.4. The lowest BCUT2D eigenvalue weighted by molar-refractivity contribution is -0.138. The van der Waals surface area contributed by atoms with Crippen LogP contribution in [0, 0.1) is 0 Å². The van der Waals surface area contributed by atoms with E-state index in [-0.39, 0.29) is 0 Å². The van der Waals surface area contributed by atoms with Gasteiger partial charge in [-0.25, -0.2) is 0 Å². The fraction of sp³-hybridized carbons (Fsp3) is 0.278. The van der Waals surface area contributed by atoms with Crippen molar-refractivity contribution >= 4 is 11.7 Å². The second-order valence-corrected chi connectivity index (χ2v) is 5.95. The molecule has 2 aliphatic rings. The van der Waals surface area contributed by atoms with Crippen molar-refractivity contribution < 1.29 is 9.90 Å². The smallest absolute Gasteiger partial charge is 0.312 e. The minimum Gasteiger partial charge on any atom is -0.481 e. The number of para-hydroxylation sites is 1. The first-order valence-corrected chi connectivity index (χ1v) is 7.38. The third kappa shape index (κ3) is 1.92. The van der Waals surface area contributed by atoms with Crippen LogP contribution in [0.3, 0.4) is 0 Å². The molecule has 3 heteroatoms. The first-order chi connectivity index (χ1) is 10.2. The molecule has 2 unspecified atom stereocenters. The van der Waals surface area contributed by atoms with Gasteiger partial charge in [0.15, 0.2) is 0 Å². The maximum Gasteiger partial charge on any atom is 0.312 e. The van der Waals surface area contributed by atoms with Crippen LogP contribution in [-0.2, 0) is 11.2 Å². The van der Waals surface area contributed by atoms with Gasteiger partial charge >= 0.3 is 5.97 Å². The van der Waals surface area contributed by atoms with E-state index in [1.54, 1.807) is 0 Å². The molecule has 0 saturated carbocycles. The van der Waals surface area contributed by atoms with Gasteiger partial charge in [-0.3, -0.25) is 4.79 Å². The third-order valence-electron chi connectivity index (χ3n) is 4.76. The molecule has 0 radical (unpaired) electrons. The fourth-order valence-corrected chi connectivity index (χ4v) is 3.66. The molecular formula is C18H17NO2. The zero-order valence-corrected chi connectivity index (χ0v) is 11.7. The molecule has 4 rings (SSSR count). The Bertz CT molecular complexity index is 710. The summed E-state index contributed by atoms with van der Waals surface area (Å²) in [6.45, 7) is 1.51. The first-order valence-electron chi connectivity index (χ1n) is 7.38. The van der Waals surface area contributed by atoms with Crippen molar-refractivity contribution in [3.8, 4) is 0 Å². The van der Waals surface area contributed by atoms with Crippen LogP contribution in [0.4, 0.5) is 5.69 Å². The topological polar surface area (TPSA) is 40.5 Å². The van der Waals surface area contributed by atoms with Gasteiger partial charge < -0.3 is 10.0 Å². The summed E-state index contributed by atoms with van der Waals surface area (Å²) >= 11 is 0. The van der Waals surface area contributed by atoms with Gasteiger partial charge in [0, 0.05) is 24.7 Å². The average molecular weight is 279 g/mol. The molecule has 2 atom stereocenters. The van der Waals surface area contributed by atoms with E-state index < -0.39 is 11.9 Å². The highest BCUT2D eigenvalue weighted by atomic mass is 16.4. The lowest BCUT2D eigenvalue weighted by Crippen LogP contribution is -2.33. The van der Waals surface area contributed by atoms with Crippen molar-refractivity contribution in [1.29, 1.82) is 0 Å². The van der Waals surface area contributed by atoms with E-state index in [2.05, 4.69) is 29.2 Å². The van der Waals surface area contributed by atoms with Crippen LogP contribution >= 0.6 is 0 Å². The predicted molar refractivity (Wildman–Crippen MR) is 81.9 cm³/mol. The molecular weight excluding hydrogens is 262 g/mol. The second-order valence-electron chi connectivity index (χ2n) is 5.95. The maximum atomic E-state index is 11.5. The molecule has 2 aromatic rings. The van der Waals surface area contributed by atoms with Gasteiger partial charge in [0.25, 0.3) is 0 Å². The largest absolute Gasteiger partial charge is 0.481 e. The van der Waals surface area contributed by atoms with Crippen molar-refractivity contribution in [3.63, 3.8) is 0 Å². The van der Waals surface area contributed by atoms with E-state index in [0.717, 1.165) is 24.2 Å². The number of hydrogen-bond acceptors (Lipinski definition) is 2. The van der Waals surface area contributed by atoms with Crippen LogP contribution < -0.4 is 4.90 Å². The van der Waals surface area contributed by atoms with Gasteiger partial charge in [-0.1, -0.05) is 42.5 Å². The van der Waals surface area contributed by atoms with E-state index in [1.165, 1.54) is 11.1 Å². The minimum absolute atomic E-state index is 0.392. The van der Waals surface area contributed by atoms with E-state index in [9.17, 15) is 9.90 Å². The van der Waals surface area contributed by atoms with E-state index in [0.29, 0.717) is 12.5 Å². The zero-order valence-electron chi connectivity index (χ0n) is 11.7. The van der Waals surface area contributed by atoms with Crippen LogP contribution in [0.25, 0.3) is 0 Å². The molecule has 0 amide bonds. The molecule has 1 aliphatic heterocycles. The summed E-state index contributed by atoms with van der Waals surface area (Å²) < 4.78 is 0. The molecule has 0 spiro atoms. The Morgan fingerprint density at radius 2 is 1.81 bits per heavy atom. The molecule has 0 aromatic heterocycles. The Morgan fingerprint density at radius 3 is 2.57 bits per heavy atom. The second kappa shape index (κ2) is 4.62. The van der Waals surface area contributed by atoms with Crippen molar-refractivity contribution in [2.45, 2.75) is 18.3 Å². The van der Waals surface area contributed by atoms with Crippen molar-refractivity contribution in [3.05, 3.63) is 65.2 Å². The molecule has 2 aromatic carbocycles. The van der Waals surface area contributed by atoms with Gasteiger partial charge in [-0.2, -0.15) is 0 Å². The Morgan fingerprint density at radius 1 is 1.10 bits per heavy atom. The highest BCUT2D eigenvalue weighted by Crippen LogP contribution is 2.41. The monoisotopic (exact) mass is 279 g/mol. The number of hydrogen-bond donors (Lipinski definition) is 1. The van der Waals surface area contributed by atoms with Crippen LogP contribution in [-0.4, -0.2) is 24.2 Å². The van der Waals surface area contributed by atoms with E-state index in [4.69, 9.17) is 0 Å². The number of fused-ring (bicyclic) bond motifs is 2. The van der Waals surface area contributed by atoms with Gasteiger partial charge in [-0.05, 0) is 29.2 Å². The molecule has 0 fully saturated rings. The number of rotatable bonds is 3. The molecule has 1 N–H and O–H groups in total. The molecule has 1 heterocycles. The summed E-state index contributed by atoms with van der Waals surface area (Å²) in [5.74, 6) is -0.586.